The Kier molecular flexibility index (Phi) is 4.68. The van der Waals surface area contributed by atoms with Crippen LogP contribution < -0.4 is 0 Å². The van der Waals surface area contributed by atoms with Crippen molar-refractivity contribution in [1.82, 2.24) is 4.90 Å². The van der Waals surface area contributed by atoms with Gasteiger partial charge in [0.15, 0.2) is 0 Å². The molecule has 2 atom stereocenters. The summed E-state index contributed by atoms with van der Waals surface area (Å²) in [5.41, 5.74) is -0.435. The number of likely N-dealkylation sites (tertiary alicyclic amines) is 1. The summed E-state index contributed by atoms with van der Waals surface area (Å²) in [6, 6.07) is 0. The minimum Gasteiger partial charge on any atom is -0.389 e. The minimum absolute atomic E-state index is 0.403. The summed E-state index contributed by atoms with van der Waals surface area (Å²) in [7, 11) is 0. The third-order valence-electron chi connectivity index (χ3n) is 6.13. The molecule has 1 aliphatic carbocycles. The van der Waals surface area contributed by atoms with Gasteiger partial charge in [-0.2, -0.15) is 0 Å². The molecule has 3 rings (SSSR count). The lowest BCUT2D eigenvalue weighted by atomic mass is 9.70. The van der Waals surface area contributed by atoms with Crippen molar-refractivity contribution >= 4 is 0 Å². The van der Waals surface area contributed by atoms with Gasteiger partial charge < -0.3 is 14.7 Å². The van der Waals surface area contributed by atoms with Gasteiger partial charge in [-0.1, -0.05) is 19.8 Å². The van der Waals surface area contributed by atoms with Crippen LogP contribution in [0.2, 0.25) is 0 Å². The zero-order valence-corrected chi connectivity index (χ0v) is 13.0. The van der Waals surface area contributed by atoms with Gasteiger partial charge in [-0.3, -0.25) is 0 Å². The van der Waals surface area contributed by atoms with E-state index in [1.807, 2.05) is 0 Å². The first kappa shape index (κ1) is 14.8. The van der Waals surface area contributed by atoms with Crippen LogP contribution >= 0.6 is 0 Å². The molecule has 2 saturated heterocycles. The first-order valence-corrected chi connectivity index (χ1v) is 8.71. The van der Waals surface area contributed by atoms with E-state index in [0.29, 0.717) is 11.8 Å². The molecule has 0 amide bonds. The zero-order valence-electron chi connectivity index (χ0n) is 13.0. The molecule has 3 fully saturated rings. The van der Waals surface area contributed by atoms with Crippen LogP contribution in [0.1, 0.15) is 51.9 Å². The van der Waals surface area contributed by atoms with E-state index >= 15 is 0 Å². The van der Waals surface area contributed by atoms with E-state index in [4.69, 9.17) is 4.74 Å². The predicted molar refractivity (Wildman–Crippen MR) is 80.7 cm³/mol. The summed E-state index contributed by atoms with van der Waals surface area (Å²) in [5.74, 6) is 1.79. The summed E-state index contributed by atoms with van der Waals surface area (Å²) in [4.78, 5) is 2.62. The summed E-state index contributed by atoms with van der Waals surface area (Å²) < 4.78 is 5.46. The van der Waals surface area contributed by atoms with Gasteiger partial charge in [0, 0.05) is 32.8 Å². The Morgan fingerprint density at radius 1 is 1.15 bits per heavy atom. The number of piperidine rings is 1. The highest BCUT2D eigenvalue weighted by Gasteiger charge is 2.45. The molecule has 0 spiro atoms. The Balaban J connectivity index is 1.55. The molecule has 3 aliphatic rings. The van der Waals surface area contributed by atoms with Crippen LogP contribution in [0.3, 0.4) is 0 Å². The monoisotopic (exact) mass is 281 g/mol. The molecular weight excluding hydrogens is 250 g/mol. The number of aliphatic hydroxyl groups is 1. The molecule has 1 N–H and O–H groups in total. The van der Waals surface area contributed by atoms with Crippen molar-refractivity contribution in [2.75, 3.05) is 32.8 Å². The molecule has 1 saturated carbocycles. The maximum absolute atomic E-state index is 11.2. The van der Waals surface area contributed by atoms with Crippen molar-refractivity contribution in [2.24, 2.45) is 17.8 Å². The second-order valence-corrected chi connectivity index (χ2v) is 7.44. The Bertz CT molecular complexity index is 310. The molecule has 0 unspecified atom stereocenters. The van der Waals surface area contributed by atoms with Crippen molar-refractivity contribution in [2.45, 2.75) is 57.5 Å². The number of hydrogen-bond acceptors (Lipinski definition) is 3. The highest BCUT2D eigenvalue weighted by molar-refractivity contribution is 4.97. The van der Waals surface area contributed by atoms with E-state index in [2.05, 4.69) is 11.8 Å². The Morgan fingerprint density at radius 2 is 1.85 bits per heavy atom. The van der Waals surface area contributed by atoms with Crippen molar-refractivity contribution in [3.05, 3.63) is 0 Å². The fourth-order valence-electron chi connectivity index (χ4n) is 4.75. The van der Waals surface area contributed by atoms with E-state index in [0.717, 1.165) is 51.5 Å². The van der Waals surface area contributed by atoms with E-state index < -0.39 is 5.60 Å². The van der Waals surface area contributed by atoms with Crippen LogP contribution in [0.5, 0.6) is 0 Å². The summed E-state index contributed by atoms with van der Waals surface area (Å²) in [6.07, 6.45) is 8.77. The van der Waals surface area contributed by atoms with Crippen molar-refractivity contribution in [1.29, 1.82) is 0 Å². The normalized spacial score (nSPS) is 38.4. The molecule has 2 aliphatic heterocycles. The quantitative estimate of drug-likeness (QED) is 0.863. The number of nitrogens with zero attached hydrogens (tertiary/aromatic N) is 1. The smallest absolute Gasteiger partial charge is 0.0727 e. The molecule has 20 heavy (non-hydrogen) atoms. The second kappa shape index (κ2) is 6.33. The van der Waals surface area contributed by atoms with Crippen LogP contribution in [0.15, 0.2) is 0 Å². The third-order valence-corrected chi connectivity index (χ3v) is 6.13. The molecule has 2 heterocycles. The largest absolute Gasteiger partial charge is 0.389 e. The maximum Gasteiger partial charge on any atom is 0.0727 e. The SMILES string of the molecule is C[C@@H]1CN(CC2CCCC2)CC[C@@]1(O)C1CCOCC1. The van der Waals surface area contributed by atoms with Crippen LogP contribution in [0, 0.1) is 17.8 Å². The van der Waals surface area contributed by atoms with Gasteiger partial charge in [0.2, 0.25) is 0 Å². The van der Waals surface area contributed by atoms with Gasteiger partial charge >= 0.3 is 0 Å². The highest BCUT2D eigenvalue weighted by atomic mass is 16.5. The van der Waals surface area contributed by atoms with E-state index in [-0.39, 0.29) is 0 Å². The van der Waals surface area contributed by atoms with E-state index in [1.165, 1.54) is 32.2 Å². The predicted octanol–water partition coefficient (Wildman–Crippen LogP) is 2.68. The van der Waals surface area contributed by atoms with Crippen LogP contribution in [0.4, 0.5) is 0 Å². The molecule has 0 aromatic rings. The number of ether oxygens (including phenoxy) is 1. The van der Waals surface area contributed by atoms with Crippen LogP contribution in [-0.4, -0.2) is 48.5 Å². The molecule has 0 aromatic heterocycles. The standard InChI is InChI=1S/C17H31NO2/c1-14-12-18(13-15-4-2-3-5-15)9-8-17(14,19)16-6-10-20-11-7-16/h14-16,19H,2-13H2,1H3/t14-,17+/m1/s1. The number of hydrogen-bond donors (Lipinski definition) is 1. The lowest BCUT2D eigenvalue weighted by Crippen LogP contribution is -2.56. The Morgan fingerprint density at radius 3 is 2.50 bits per heavy atom. The van der Waals surface area contributed by atoms with Gasteiger partial charge in [-0.15, -0.1) is 0 Å². The summed E-state index contributed by atoms with van der Waals surface area (Å²) >= 11 is 0. The molecular formula is C17H31NO2. The van der Waals surface area contributed by atoms with Crippen molar-refractivity contribution in [3.8, 4) is 0 Å². The van der Waals surface area contributed by atoms with Gasteiger partial charge in [0.1, 0.15) is 0 Å². The molecule has 3 nitrogen and oxygen atoms in total. The fraction of sp³-hybridized carbons (Fsp3) is 1.00. The molecule has 3 heteroatoms. The van der Waals surface area contributed by atoms with Gasteiger partial charge in [0.25, 0.3) is 0 Å². The van der Waals surface area contributed by atoms with Crippen LogP contribution in [-0.2, 0) is 4.74 Å². The second-order valence-electron chi connectivity index (χ2n) is 7.44. The highest BCUT2D eigenvalue weighted by Crippen LogP contribution is 2.40. The summed E-state index contributed by atoms with van der Waals surface area (Å²) in [6.45, 7) is 7.39. The van der Waals surface area contributed by atoms with E-state index in [9.17, 15) is 5.11 Å². The topological polar surface area (TPSA) is 32.7 Å². The van der Waals surface area contributed by atoms with Crippen LogP contribution in [0.25, 0.3) is 0 Å². The fourth-order valence-corrected chi connectivity index (χ4v) is 4.75. The lowest BCUT2D eigenvalue weighted by molar-refractivity contribution is -0.131. The minimum atomic E-state index is -0.435. The average Bonchev–Trinajstić information content (AvgIpc) is 2.97. The molecule has 116 valence electrons. The summed E-state index contributed by atoms with van der Waals surface area (Å²) in [5, 5.41) is 11.2. The van der Waals surface area contributed by atoms with E-state index in [1.54, 1.807) is 0 Å². The van der Waals surface area contributed by atoms with Gasteiger partial charge in [-0.25, -0.2) is 0 Å². The van der Waals surface area contributed by atoms with Crippen molar-refractivity contribution < 1.29 is 9.84 Å². The first-order valence-electron chi connectivity index (χ1n) is 8.71. The van der Waals surface area contributed by atoms with Gasteiger partial charge in [-0.05, 0) is 49.9 Å². The molecule has 0 radical (unpaired) electrons. The average molecular weight is 281 g/mol. The first-order chi connectivity index (χ1) is 9.68. The maximum atomic E-state index is 11.2. The lowest BCUT2D eigenvalue weighted by Gasteiger charge is -2.49. The third kappa shape index (κ3) is 3.05. The van der Waals surface area contributed by atoms with Crippen molar-refractivity contribution in [3.63, 3.8) is 0 Å². The Hall–Kier alpha value is -0.120. The zero-order chi connectivity index (χ0) is 14.0. The molecule has 0 aromatic carbocycles. The molecule has 0 bridgehead atoms. The number of rotatable bonds is 3. The van der Waals surface area contributed by atoms with Gasteiger partial charge in [0.05, 0.1) is 5.60 Å². The Labute approximate surface area is 123 Å².